The van der Waals surface area contributed by atoms with Crippen molar-refractivity contribution < 1.29 is 4.74 Å². The van der Waals surface area contributed by atoms with Crippen LogP contribution in [0, 0.1) is 0 Å². The molecule has 0 aromatic carbocycles. The summed E-state index contributed by atoms with van der Waals surface area (Å²) < 4.78 is 5.30. The van der Waals surface area contributed by atoms with Crippen molar-refractivity contribution >= 4 is 5.96 Å². The van der Waals surface area contributed by atoms with Gasteiger partial charge in [0.25, 0.3) is 0 Å². The number of nitrogens with zero attached hydrogens (tertiary/aromatic N) is 2. The average Bonchev–Trinajstić information content (AvgIpc) is 2.46. The van der Waals surface area contributed by atoms with Crippen molar-refractivity contribution in [3.8, 4) is 0 Å². The fraction of sp³-hybridized carbons (Fsp3) is 0.933. The quantitative estimate of drug-likeness (QED) is 0.398. The van der Waals surface area contributed by atoms with Gasteiger partial charge >= 0.3 is 0 Å². The van der Waals surface area contributed by atoms with E-state index in [0.29, 0.717) is 5.96 Å². The molecule has 0 aromatic heterocycles. The molecule has 0 aromatic rings. The molecule has 0 atom stereocenters. The average molecular weight is 269 g/mol. The number of morpholine rings is 1. The fourth-order valence-corrected chi connectivity index (χ4v) is 2.33. The Morgan fingerprint density at radius 3 is 2.21 bits per heavy atom. The Kier molecular flexibility index (Phi) is 9.51. The number of rotatable bonds is 9. The van der Waals surface area contributed by atoms with Crippen LogP contribution in [-0.4, -0.2) is 43.7 Å². The first kappa shape index (κ1) is 16.3. The zero-order valence-electron chi connectivity index (χ0n) is 12.6. The Bertz CT molecular complexity index is 238. The van der Waals surface area contributed by atoms with Gasteiger partial charge in [-0.3, -0.25) is 4.99 Å². The van der Waals surface area contributed by atoms with Gasteiger partial charge in [-0.25, -0.2) is 0 Å². The van der Waals surface area contributed by atoms with Crippen LogP contribution in [0.5, 0.6) is 0 Å². The molecule has 1 fully saturated rings. The zero-order chi connectivity index (χ0) is 13.8. The number of aliphatic imine (C=N–C) groups is 1. The van der Waals surface area contributed by atoms with E-state index in [1.165, 1.54) is 51.4 Å². The molecule has 19 heavy (non-hydrogen) atoms. The molecule has 0 spiro atoms. The number of unbranched alkanes of at least 4 members (excludes halogenated alkanes) is 7. The molecule has 1 rings (SSSR count). The SMILES string of the molecule is CCCCCCCCCCN=C(N)N1CCOCC1. The van der Waals surface area contributed by atoms with Crippen LogP contribution in [0.1, 0.15) is 58.3 Å². The lowest BCUT2D eigenvalue weighted by Gasteiger charge is -2.27. The number of hydrogen-bond acceptors (Lipinski definition) is 2. The first-order chi connectivity index (χ1) is 9.34. The summed E-state index contributed by atoms with van der Waals surface area (Å²) in [6.07, 6.45) is 10.7. The molecule has 0 radical (unpaired) electrons. The summed E-state index contributed by atoms with van der Waals surface area (Å²) in [5.74, 6) is 0.700. The minimum absolute atomic E-state index is 0.700. The molecular weight excluding hydrogens is 238 g/mol. The number of guanidine groups is 1. The van der Waals surface area contributed by atoms with Gasteiger partial charge < -0.3 is 15.4 Å². The van der Waals surface area contributed by atoms with E-state index < -0.39 is 0 Å². The summed E-state index contributed by atoms with van der Waals surface area (Å²) in [6.45, 7) is 6.44. The van der Waals surface area contributed by atoms with Gasteiger partial charge in [0, 0.05) is 19.6 Å². The Balaban J connectivity index is 1.94. The van der Waals surface area contributed by atoms with Gasteiger partial charge in [-0.05, 0) is 6.42 Å². The van der Waals surface area contributed by atoms with Crippen LogP contribution >= 0.6 is 0 Å². The lowest BCUT2D eigenvalue weighted by atomic mass is 10.1. The highest BCUT2D eigenvalue weighted by Gasteiger charge is 2.11. The van der Waals surface area contributed by atoms with Crippen molar-refractivity contribution in [1.82, 2.24) is 4.90 Å². The highest BCUT2D eigenvalue weighted by atomic mass is 16.5. The second-order valence-corrected chi connectivity index (χ2v) is 5.31. The van der Waals surface area contributed by atoms with E-state index in [2.05, 4.69) is 16.8 Å². The maximum atomic E-state index is 5.96. The first-order valence-electron chi connectivity index (χ1n) is 7.97. The molecule has 0 unspecified atom stereocenters. The van der Waals surface area contributed by atoms with Crippen LogP contribution in [-0.2, 0) is 4.74 Å². The van der Waals surface area contributed by atoms with Gasteiger partial charge in [0.2, 0.25) is 0 Å². The molecule has 0 aliphatic carbocycles. The van der Waals surface area contributed by atoms with Crippen molar-refractivity contribution in [1.29, 1.82) is 0 Å². The van der Waals surface area contributed by atoms with Gasteiger partial charge in [-0.15, -0.1) is 0 Å². The summed E-state index contributed by atoms with van der Waals surface area (Å²) in [4.78, 5) is 6.58. The van der Waals surface area contributed by atoms with Crippen molar-refractivity contribution in [3.63, 3.8) is 0 Å². The fourth-order valence-electron chi connectivity index (χ4n) is 2.33. The Morgan fingerprint density at radius 1 is 1.00 bits per heavy atom. The van der Waals surface area contributed by atoms with Crippen LogP contribution in [0.4, 0.5) is 0 Å². The van der Waals surface area contributed by atoms with Crippen LogP contribution in [0.25, 0.3) is 0 Å². The Morgan fingerprint density at radius 2 is 1.58 bits per heavy atom. The van der Waals surface area contributed by atoms with Gasteiger partial charge in [0.15, 0.2) is 5.96 Å². The Labute approximate surface area is 118 Å². The monoisotopic (exact) mass is 269 g/mol. The molecule has 0 saturated carbocycles. The number of hydrogen-bond donors (Lipinski definition) is 1. The van der Waals surface area contributed by atoms with Gasteiger partial charge in [-0.1, -0.05) is 51.9 Å². The van der Waals surface area contributed by atoms with Crippen LogP contribution in [0.15, 0.2) is 4.99 Å². The summed E-state index contributed by atoms with van der Waals surface area (Å²) in [6, 6.07) is 0. The van der Waals surface area contributed by atoms with E-state index >= 15 is 0 Å². The van der Waals surface area contributed by atoms with E-state index in [0.717, 1.165) is 32.8 Å². The third-order valence-electron chi connectivity index (χ3n) is 3.62. The van der Waals surface area contributed by atoms with Crippen molar-refractivity contribution in [2.75, 3.05) is 32.8 Å². The first-order valence-corrected chi connectivity index (χ1v) is 7.97. The van der Waals surface area contributed by atoms with E-state index in [1.807, 2.05) is 0 Å². The summed E-state index contributed by atoms with van der Waals surface area (Å²) in [5, 5.41) is 0. The molecular formula is C15H31N3O. The largest absolute Gasteiger partial charge is 0.378 e. The third-order valence-corrected chi connectivity index (χ3v) is 3.62. The summed E-state index contributed by atoms with van der Waals surface area (Å²) in [7, 11) is 0. The van der Waals surface area contributed by atoms with Crippen LogP contribution < -0.4 is 5.73 Å². The van der Waals surface area contributed by atoms with Crippen molar-refractivity contribution in [3.05, 3.63) is 0 Å². The maximum Gasteiger partial charge on any atom is 0.191 e. The van der Waals surface area contributed by atoms with Crippen molar-refractivity contribution in [2.45, 2.75) is 58.3 Å². The smallest absolute Gasteiger partial charge is 0.191 e. The topological polar surface area (TPSA) is 50.8 Å². The molecule has 0 amide bonds. The molecule has 1 heterocycles. The molecule has 4 heteroatoms. The molecule has 1 aliphatic heterocycles. The predicted octanol–water partition coefficient (Wildman–Crippen LogP) is 2.77. The number of ether oxygens (including phenoxy) is 1. The second-order valence-electron chi connectivity index (χ2n) is 5.31. The van der Waals surface area contributed by atoms with Crippen LogP contribution in [0.2, 0.25) is 0 Å². The van der Waals surface area contributed by atoms with Crippen LogP contribution in [0.3, 0.4) is 0 Å². The summed E-state index contributed by atoms with van der Waals surface area (Å²) in [5.41, 5.74) is 5.96. The highest BCUT2D eigenvalue weighted by molar-refractivity contribution is 5.78. The third kappa shape index (κ3) is 8.09. The maximum absolute atomic E-state index is 5.96. The standard InChI is InChI=1S/C15H31N3O/c1-2-3-4-5-6-7-8-9-10-17-15(16)18-11-13-19-14-12-18/h2-14H2,1H3,(H2,16,17). The van der Waals surface area contributed by atoms with Gasteiger partial charge in [0.1, 0.15) is 0 Å². The minimum Gasteiger partial charge on any atom is -0.378 e. The van der Waals surface area contributed by atoms with E-state index in [4.69, 9.17) is 10.5 Å². The summed E-state index contributed by atoms with van der Waals surface area (Å²) >= 11 is 0. The normalized spacial score (nSPS) is 16.9. The number of nitrogens with two attached hydrogens (primary N) is 1. The van der Waals surface area contributed by atoms with E-state index in [1.54, 1.807) is 0 Å². The molecule has 0 bridgehead atoms. The van der Waals surface area contributed by atoms with Gasteiger partial charge in [-0.2, -0.15) is 0 Å². The Hall–Kier alpha value is -0.770. The van der Waals surface area contributed by atoms with E-state index in [-0.39, 0.29) is 0 Å². The zero-order valence-corrected chi connectivity index (χ0v) is 12.6. The van der Waals surface area contributed by atoms with Crippen molar-refractivity contribution in [2.24, 2.45) is 10.7 Å². The molecule has 2 N–H and O–H groups in total. The highest BCUT2D eigenvalue weighted by Crippen LogP contribution is 2.08. The molecule has 1 aliphatic rings. The van der Waals surface area contributed by atoms with Gasteiger partial charge in [0.05, 0.1) is 13.2 Å². The minimum atomic E-state index is 0.700. The second kappa shape index (κ2) is 11.1. The molecule has 1 saturated heterocycles. The molecule has 112 valence electrons. The molecule has 4 nitrogen and oxygen atoms in total. The van der Waals surface area contributed by atoms with E-state index in [9.17, 15) is 0 Å². The predicted molar refractivity (Wildman–Crippen MR) is 81.5 cm³/mol. The lowest BCUT2D eigenvalue weighted by molar-refractivity contribution is 0.0674. The lowest BCUT2D eigenvalue weighted by Crippen LogP contribution is -2.44.